The van der Waals surface area contributed by atoms with Crippen molar-refractivity contribution in [2.75, 3.05) is 26.3 Å². The van der Waals surface area contributed by atoms with Gasteiger partial charge in [0.2, 0.25) is 10.0 Å². The summed E-state index contributed by atoms with van der Waals surface area (Å²) in [6, 6.07) is 16.2. The van der Waals surface area contributed by atoms with Gasteiger partial charge in [0.05, 0.1) is 23.8 Å². The molecule has 1 aliphatic heterocycles. The van der Waals surface area contributed by atoms with Gasteiger partial charge in [-0.25, -0.2) is 18.2 Å². The number of carbonyl (C=O) groups excluding carboxylic acids is 1. The second-order valence-corrected chi connectivity index (χ2v) is 9.83. The largest absolute Gasteiger partial charge is 0.456 e. The summed E-state index contributed by atoms with van der Waals surface area (Å²) in [7, 11) is -3.54. The highest BCUT2D eigenvalue weighted by Gasteiger charge is 2.25. The van der Waals surface area contributed by atoms with Crippen molar-refractivity contribution < 1.29 is 22.7 Å². The number of benzene rings is 2. The van der Waals surface area contributed by atoms with Crippen LogP contribution in [0, 0.1) is 0 Å². The Morgan fingerprint density at radius 1 is 1.09 bits per heavy atom. The van der Waals surface area contributed by atoms with E-state index in [9.17, 15) is 13.2 Å². The van der Waals surface area contributed by atoms with Gasteiger partial charge in [-0.3, -0.25) is 0 Å². The molecule has 4 rings (SSSR count). The Bertz CT molecular complexity index is 1180. The van der Waals surface area contributed by atoms with Crippen molar-refractivity contribution in [3.05, 3.63) is 77.3 Å². The van der Waals surface area contributed by atoms with Gasteiger partial charge in [-0.2, -0.15) is 4.31 Å². The summed E-state index contributed by atoms with van der Waals surface area (Å²) < 4.78 is 37.2. The molecule has 0 radical (unpaired) electrons. The molecule has 2 aromatic carbocycles. The molecule has 1 fully saturated rings. The number of hydrogen-bond donors (Lipinski definition) is 0. The Balaban J connectivity index is 1.31. The molecule has 0 saturated carbocycles. The average Bonchev–Trinajstić information content (AvgIpc) is 3.32. The lowest BCUT2D eigenvalue weighted by atomic mass is 10.2. The maximum absolute atomic E-state index is 12.6. The number of morpholine rings is 1. The second-order valence-electron chi connectivity index (χ2n) is 7.04. The van der Waals surface area contributed by atoms with Crippen LogP contribution < -0.4 is 0 Å². The van der Waals surface area contributed by atoms with Crippen LogP contribution in [0.25, 0.3) is 16.6 Å². The maximum atomic E-state index is 12.6. The van der Waals surface area contributed by atoms with Crippen LogP contribution in [-0.2, 0) is 30.9 Å². The van der Waals surface area contributed by atoms with Crippen LogP contribution in [0.4, 0.5) is 0 Å². The van der Waals surface area contributed by atoms with Crippen LogP contribution in [0.5, 0.6) is 0 Å². The zero-order valence-corrected chi connectivity index (χ0v) is 18.8. The molecule has 9 heteroatoms. The summed E-state index contributed by atoms with van der Waals surface area (Å²) in [5.41, 5.74) is 2.41. The van der Waals surface area contributed by atoms with Gasteiger partial charge in [-0.05, 0) is 23.8 Å². The number of rotatable bonds is 7. The minimum atomic E-state index is -3.54. The summed E-state index contributed by atoms with van der Waals surface area (Å²) in [5.74, 6) is -0.496. The van der Waals surface area contributed by atoms with Crippen LogP contribution in [0.15, 0.2) is 70.9 Å². The molecule has 1 aliphatic rings. The second kappa shape index (κ2) is 10.2. The highest BCUT2D eigenvalue weighted by atomic mass is 32.2. The SMILES string of the molecule is O=C(C=Cc1ccc(S(=O)(=O)N2CCOCC2)cc1)OCc1csc(-c2ccccc2)n1. The lowest BCUT2D eigenvalue weighted by molar-refractivity contribution is -0.139. The summed E-state index contributed by atoms with van der Waals surface area (Å²) in [5, 5.41) is 2.74. The number of esters is 1. The molecule has 2 heterocycles. The number of hydrogen-bond acceptors (Lipinski definition) is 7. The van der Waals surface area contributed by atoms with E-state index < -0.39 is 16.0 Å². The van der Waals surface area contributed by atoms with E-state index >= 15 is 0 Å². The molecule has 0 unspecified atom stereocenters. The third-order valence-corrected chi connectivity index (χ3v) is 7.69. The van der Waals surface area contributed by atoms with Gasteiger partial charge in [0.1, 0.15) is 11.6 Å². The maximum Gasteiger partial charge on any atom is 0.331 e. The zero-order chi connectivity index (χ0) is 22.4. The van der Waals surface area contributed by atoms with Gasteiger partial charge < -0.3 is 9.47 Å². The fraction of sp³-hybridized carbons (Fsp3) is 0.217. The lowest BCUT2D eigenvalue weighted by Gasteiger charge is -2.26. The van der Waals surface area contributed by atoms with Crippen molar-refractivity contribution in [2.45, 2.75) is 11.5 Å². The minimum Gasteiger partial charge on any atom is -0.456 e. The molecule has 0 bridgehead atoms. The summed E-state index contributed by atoms with van der Waals surface area (Å²) in [4.78, 5) is 16.8. The Labute approximate surface area is 191 Å². The van der Waals surface area contributed by atoms with Crippen molar-refractivity contribution in [1.82, 2.24) is 9.29 Å². The normalized spacial score (nSPS) is 15.1. The Morgan fingerprint density at radius 3 is 2.53 bits per heavy atom. The van der Waals surface area contributed by atoms with Crippen LogP contribution in [-0.4, -0.2) is 50.0 Å². The first-order chi connectivity index (χ1) is 15.5. The van der Waals surface area contributed by atoms with E-state index in [1.165, 1.54) is 33.9 Å². The monoisotopic (exact) mass is 470 g/mol. The van der Waals surface area contributed by atoms with Gasteiger partial charge in [-0.15, -0.1) is 11.3 Å². The molecule has 1 aromatic heterocycles. The number of sulfonamides is 1. The number of nitrogens with zero attached hydrogens (tertiary/aromatic N) is 2. The van der Waals surface area contributed by atoms with E-state index in [2.05, 4.69) is 4.98 Å². The van der Waals surface area contributed by atoms with Gasteiger partial charge in [0, 0.05) is 30.1 Å². The third kappa shape index (κ3) is 5.49. The van der Waals surface area contributed by atoms with Crippen LogP contribution in [0.3, 0.4) is 0 Å². The van der Waals surface area contributed by atoms with Crippen LogP contribution in [0.2, 0.25) is 0 Å². The Hall–Kier alpha value is -2.85. The molecule has 0 atom stereocenters. The average molecular weight is 471 g/mol. The molecule has 0 N–H and O–H groups in total. The number of thiazole rings is 1. The predicted octanol–water partition coefficient (Wildman–Crippen LogP) is 3.59. The molecule has 3 aromatic rings. The molecule has 0 amide bonds. The number of ether oxygens (including phenoxy) is 2. The summed E-state index contributed by atoms with van der Waals surface area (Å²) >= 11 is 1.50. The molecule has 1 saturated heterocycles. The number of carbonyl (C=O) groups is 1. The highest BCUT2D eigenvalue weighted by Crippen LogP contribution is 2.23. The standard InChI is InChI=1S/C23H22N2O5S2/c26-22(30-16-20-17-31-23(24-20)19-4-2-1-3-5-19)11-8-18-6-9-21(10-7-18)32(27,28)25-12-14-29-15-13-25/h1-11,17H,12-16H2. The van der Waals surface area contributed by atoms with Crippen LogP contribution >= 0.6 is 11.3 Å². The summed E-state index contributed by atoms with van der Waals surface area (Å²) in [6.07, 6.45) is 2.90. The first-order valence-electron chi connectivity index (χ1n) is 10.0. The van der Waals surface area contributed by atoms with Gasteiger partial charge in [-0.1, -0.05) is 42.5 Å². The molecular weight excluding hydrogens is 448 g/mol. The van der Waals surface area contributed by atoms with Crippen molar-refractivity contribution in [1.29, 1.82) is 0 Å². The fourth-order valence-electron chi connectivity index (χ4n) is 3.13. The van der Waals surface area contributed by atoms with E-state index in [1.807, 2.05) is 35.7 Å². The van der Waals surface area contributed by atoms with Crippen molar-refractivity contribution in [3.8, 4) is 10.6 Å². The predicted molar refractivity (Wildman–Crippen MR) is 122 cm³/mol. The smallest absolute Gasteiger partial charge is 0.331 e. The van der Waals surface area contributed by atoms with E-state index in [1.54, 1.807) is 18.2 Å². The quantitative estimate of drug-likeness (QED) is 0.388. The molecule has 0 spiro atoms. The first-order valence-corrected chi connectivity index (χ1v) is 12.4. The van der Waals surface area contributed by atoms with Gasteiger partial charge >= 0.3 is 5.97 Å². The lowest BCUT2D eigenvalue weighted by Crippen LogP contribution is -2.40. The van der Waals surface area contributed by atoms with E-state index in [0.29, 0.717) is 37.6 Å². The van der Waals surface area contributed by atoms with Crippen LogP contribution in [0.1, 0.15) is 11.3 Å². The molecule has 32 heavy (non-hydrogen) atoms. The highest BCUT2D eigenvalue weighted by molar-refractivity contribution is 7.89. The van der Waals surface area contributed by atoms with Crippen molar-refractivity contribution in [2.24, 2.45) is 0 Å². The Kier molecular flexibility index (Phi) is 7.11. The minimum absolute atomic E-state index is 0.0865. The fourth-order valence-corrected chi connectivity index (χ4v) is 5.35. The summed E-state index contributed by atoms with van der Waals surface area (Å²) in [6.45, 7) is 1.58. The van der Waals surface area contributed by atoms with E-state index in [-0.39, 0.29) is 11.5 Å². The van der Waals surface area contributed by atoms with E-state index in [0.717, 1.165) is 10.6 Å². The molecule has 166 valence electrons. The number of aromatic nitrogens is 1. The molecule has 7 nitrogen and oxygen atoms in total. The van der Waals surface area contributed by atoms with Gasteiger partial charge in [0.15, 0.2) is 0 Å². The molecule has 0 aliphatic carbocycles. The first kappa shape index (κ1) is 22.3. The topological polar surface area (TPSA) is 85.8 Å². The molecular formula is C23H22N2O5S2. The van der Waals surface area contributed by atoms with Crippen molar-refractivity contribution >= 4 is 33.4 Å². The van der Waals surface area contributed by atoms with E-state index in [4.69, 9.17) is 9.47 Å². The van der Waals surface area contributed by atoms with Crippen molar-refractivity contribution in [3.63, 3.8) is 0 Å². The Morgan fingerprint density at radius 2 is 1.81 bits per heavy atom. The van der Waals surface area contributed by atoms with Gasteiger partial charge in [0.25, 0.3) is 0 Å². The zero-order valence-electron chi connectivity index (χ0n) is 17.2. The third-order valence-electron chi connectivity index (χ3n) is 4.83.